The Balaban J connectivity index is 2.37. The predicted molar refractivity (Wildman–Crippen MR) is 71.6 cm³/mol. The van der Waals surface area contributed by atoms with E-state index in [1.807, 2.05) is 19.0 Å². The van der Waals surface area contributed by atoms with Crippen LogP contribution in [0.25, 0.3) is 0 Å². The molecule has 18 heavy (non-hydrogen) atoms. The first kappa shape index (κ1) is 15.7. The van der Waals surface area contributed by atoms with Crippen molar-refractivity contribution >= 4 is 27.3 Å². The summed E-state index contributed by atoms with van der Waals surface area (Å²) in [5.41, 5.74) is 0. The van der Waals surface area contributed by atoms with Gasteiger partial charge in [0.2, 0.25) is 5.91 Å². The van der Waals surface area contributed by atoms with Gasteiger partial charge in [-0.3, -0.25) is 9.69 Å². The summed E-state index contributed by atoms with van der Waals surface area (Å²) in [6, 6.07) is -0.470. The number of likely N-dealkylation sites (N-methyl/N-ethyl adjacent to an activating group) is 2. The van der Waals surface area contributed by atoms with Crippen LogP contribution in [0.4, 0.5) is 0 Å². The van der Waals surface area contributed by atoms with Gasteiger partial charge in [0.25, 0.3) is 0 Å². The molecule has 1 saturated heterocycles. The molecule has 0 aromatic heterocycles. The summed E-state index contributed by atoms with van der Waals surface area (Å²) in [6.45, 7) is 1.78. The minimum atomic E-state index is -3.10. The summed E-state index contributed by atoms with van der Waals surface area (Å²) >= 11 is 5.91. The molecule has 2 unspecified atom stereocenters. The van der Waals surface area contributed by atoms with Crippen molar-refractivity contribution in [2.24, 2.45) is 0 Å². The number of carbonyl (C=O) groups is 1. The molecule has 0 saturated carbocycles. The van der Waals surface area contributed by atoms with Crippen LogP contribution < -0.4 is 10.6 Å². The lowest BCUT2D eigenvalue weighted by molar-refractivity contribution is -0.122. The van der Waals surface area contributed by atoms with Gasteiger partial charge in [0.1, 0.15) is 0 Å². The highest BCUT2D eigenvalue weighted by molar-refractivity contribution is 7.91. The molecule has 2 N–H and O–H groups in total. The van der Waals surface area contributed by atoms with Crippen LogP contribution in [0.15, 0.2) is 0 Å². The van der Waals surface area contributed by atoms with E-state index >= 15 is 0 Å². The Morgan fingerprint density at radius 1 is 1.44 bits per heavy atom. The Bertz CT molecular complexity index is 388. The molecule has 1 aliphatic heterocycles. The van der Waals surface area contributed by atoms with Gasteiger partial charge in [-0.2, -0.15) is 0 Å². The van der Waals surface area contributed by atoms with E-state index in [9.17, 15) is 13.2 Å². The first-order valence-corrected chi connectivity index (χ1v) is 8.07. The van der Waals surface area contributed by atoms with E-state index < -0.39 is 21.3 Å². The first-order valence-electron chi connectivity index (χ1n) is 5.81. The fraction of sp³-hybridized carbons (Fsp3) is 0.900. The third-order valence-electron chi connectivity index (χ3n) is 2.79. The molecule has 0 aromatic rings. The van der Waals surface area contributed by atoms with E-state index in [1.165, 1.54) is 0 Å². The average molecular weight is 298 g/mol. The number of hydrogen-bond donors (Lipinski definition) is 2. The highest BCUT2D eigenvalue weighted by atomic mass is 35.5. The number of rotatable bonds is 6. The molecular formula is C10H20ClN3O3S. The molecule has 1 aliphatic rings. The van der Waals surface area contributed by atoms with Crippen LogP contribution in [0.5, 0.6) is 0 Å². The summed E-state index contributed by atoms with van der Waals surface area (Å²) in [5, 5.41) is 5.14. The molecule has 1 rings (SSSR count). The van der Waals surface area contributed by atoms with Crippen LogP contribution in [0, 0.1) is 0 Å². The van der Waals surface area contributed by atoms with Crippen molar-refractivity contribution in [2.75, 3.05) is 45.2 Å². The number of sulfone groups is 1. The van der Waals surface area contributed by atoms with Gasteiger partial charge in [0.15, 0.2) is 9.84 Å². The zero-order chi connectivity index (χ0) is 13.8. The topological polar surface area (TPSA) is 78.5 Å². The summed E-state index contributed by atoms with van der Waals surface area (Å²) in [4.78, 5) is 13.6. The Morgan fingerprint density at radius 3 is 2.61 bits per heavy atom. The van der Waals surface area contributed by atoms with Gasteiger partial charge in [-0.05, 0) is 14.1 Å². The number of carbonyl (C=O) groups excluding carboxylic acids is 1. The molecule has 0 bridgehead atoms. The lowest BCUT2D eigenvalue weighted by atomic mass is 10.2. The van der Waals surface area contributed by atoms with Gasteiger partial charge in [-0.15, -0.1) is 11.6 Å². The van der Waals surface area contributed by atoms with Crippen molar-refractivity contribution in [2.45, 2.75) is 11.4 Å². The molecule has 0 aromatic carbocycles. The molecule has 106 valence electrons. The average Bonchev–Trinajstić information content (AvgIpc) is 2.48. The number of halogens is 1. The van der Waals surface area contributed by atoms with Gasteiger partial charge >= 0.3 is 0 Å². The van der Waals surface area contributed by atoms with Crippen molar-refractivity contribution < 1.29 is 13.2 Å². The minimum Gasteiger partial charge on any atom is -0.350 e. The molecule has 1 amide bonds. The predicted octanol–water partition coefficient (Wildman–Crippen LogP) is -1.34. The fourth-order valence-corrected chi connectivity index (χ4v) is 4.37. The monoisotopic (exact) mass is 297 g/mol. The highest BCUT2D eigenvalue weighted by Crippen LogP contribution is 2.17. The van der Waals surface area contributed by atoms with Gasteiger partial charge in [-0.25, -0.2) is 8.42 Å². The van der Waals surface area contributed by atoms with Gasteiger partial charge in [0.05, 0.1) is 29.5 Å². The second-order valence-electron chi connectivity index (χ2n) is 4.61. The van der Waals surface area contributed by atoms with Gasteiger partial charge in [0, 0.05) is 13.1 Å². The maximum absolute atomic E-state index is 11.7. The Hall–Kier alpha value is -0.370. The summed E-state index contributed by atoms with van der Waals surface area (Å²) in [5.74, 6) is -0.316. The standard InChI is InChI=1S/C10H20ClN3O3S/c1-12-3-4-14(2)5-10(15)13-9-7-18(16,17)6-8(9)11/h8-9,12H,3-7H2,1-2H3,(H,13,15). The van der Waals surface area contributed by atoms with Gasteiger partial charge in [-0.1, -0.05) is 0 Å². The van der Waals surface area contributed by atoms with E-state index in [0.717, 1.165) is 13.1 Å². The molecule has 0 aliphatic carbocycles. The second-order valence-corrected chi connectivity index (χ2v) is 7.32. The van der Waals surface area contributed by atoms with Crippen LogP contribution in [0.3, 0.4) is 0 Å². The summed E-state index contributed by atoms with van der Waals surface area (Å²) in [6.07, 6.45) is 0. The quantitative estimate of drug-likeness (QED) is 0.593. The Labute approximate surface area is 113 Å². The molecule has 8 heteroatoms. The zero-order valence-electron chi connectivity index (χ0n) is 10.6. The van der Waals surface area contributed by atoms with Crippen molar-refractivity contribution in [3.8, 4) is 0 Å². The van der Waals surface area contributed by atoms with E-state index in [4.69, 9.17) is 11.6 Å². The maximum Gasteiger partial charge on any atom is 0.234 e. The molecule has 0 radical (unpaired) electrons. The smallest absolute Gasteiger partial charge is 0.234 e. The van der Waals surface area contributed by atoms with E-state index in [2.05, 4.69) is 10.6 Å². The second kappa shape index (κ2) is 6.70. The van der Waals surface area contributed by atoms with Crippen LogP contribution in [-0.2, 0) is 14.6 Å². The molecular weight excluding hydrogens is 278 g/mol. The number of alkyl halides is 1. The third kappa shape index (κ3) is 5.09. The SMILES string of the molecule is CNCCN(C)CC(=O)NC1CS(=O)(=O)CC1Cl. The van der Waals surface area contributed by atoms with Crippen LogP contribution in [0.1, 0.15) is 0 Å². The molecule has 0 spiro atoms. The van der Waals surface area contributed by atoms with Crippen LogP contribution in [-0.4, -0.2) is 75.9 Å². The molecule has 2 atom stereocenters. The van der Waals surface area contributed by atoms with Crippen LogP contribution >= 0.6 is 11.6 Å². The van der Waals surface area contributed by atoms with Crippen molar-refractivity contribution in [3.63, 3.8) is 0 Å². The number of hydrogen-bond acceptors (Lipinski definition) is 5. The zero-order valence-corrected chi connectivity index (χ0v) is 12.2. The van der Waals surface area contributed by atoms with Crippen LogP contribution in [0.2, 0.25) is 0 Å². The molecule has 1 heterocycles. The maximum atomic E-state index is 11.7. The first-order chi connectivity index (χ1) is 8.34. The number of nitrogens with zero attached hydrogens (tertiary/aromatic N) is 1. The largest absolute Gasteiger partial charge is 0.350 e. The summed E-state index contributed by atoms with van der Waals surface area (Å²) in [7, 11) is 0.573. The highest BCUT2D eigenvalue weighted by Gasteiger charge is 2.37. The van der Waals surface area contributed by atoms with E-state index in [0.29, 0.717) is 0 Å². The minimum absolute atomic E-state index is 0.0604. The van der Waals surface area contributed by atoms with Crippen molar-refractivity contribution in [1.29, 1.82) is 0 Å². The Kier molecular flexibility index (Phi) is 5.84. The molecule has 1 fully saturated rings. The Morgan fingerprint density at radius 2 is 2.11 bits per heavy atom. The van der Waals surface area contributed by atoms with Gasteiger partial charge < -0.3 is 10.6 Å². The number of amides is 1. The van der Waals surface area contributed by atoms with Crippen molar-refractivity contribution in [1.82, 2.24) is 15.5 Å². The van der Waals surface area contributed by atoms with E-state index in [1.54, 1.807) is 0 Å². The normalized spacial score (nSPS) is 26.4. The fourth-order valence-electron chi connectivity index (χ4n) is 1.82. The van der Waals surface area contributed by atoms with E-state index in [-0.39, 0.29) is 24.0 Å². The third-order valence-corrected chi connectivity index (χ3v) is 5.16. The number of nitrogens with one attached hydrogen (secondary N) is 2. The van der Waals surface area contributed by atoms with Crippen molar-refractivity contribution in [3.05, 3.63) is 0 Å². The summed E-state index contributed by atoms with van der Waals surface area (Å²) < 4.78 is 22.7. The lowest BCUT2D eigenvalue weighted by Gasteiger charge is -2.19. The molecule has 6 nitrogen and oxygen atoms in total. The lowest BCUT2D eigenvalue weighted by Crippen LogP contribution is -2.45.